The van der Waals surface area contributed by atoms with E-state index in [0.29, 0.717) is 0 Å². The van der Waals surface area contributed by atoms with Crippen LogP contribution in [0.4, 0.5) is 0 Å². The van der Waals surface area contributed by atoms with Crippen LogP contribution >= 0.6 is 11.6 Å². The Kier molecular flexibility index (Phi) is 2.05. The molecule has 1 radical (unpaired) electrons. The third-order valence-corrected chi connectivity index (χ3v) is 2.11. The third kappa shape index (κ3) is 1.32. The Morgan fingerprint density at radius 1 is 1.25 bits per heavy atom. The van der Waals surface area contributed by atoms with Gasteiger partial charge in [-0.3, -0.25) is 0 Å². The summed E-state index contributed by atoms with van der Waals surface area (Å²) in [6, 6.07) is 7.70. The van der Waals surface area contributed by atoms with E-state index in [0.717, 1.165) is 23.1 Å². The van der Waals surface area contributed by atoms with Gasteiger partial charge in [-0.05, 0) is 12.1 Å². The molecular formula is C10H8ClO. The SMILES string of the molecule is Clc1ccccc1[C]1CC=CO1. The number of ether oxygens (including phenoxy) is 1. The average molecular weight is 180 g/mol. The standard InChI is InChI=1S/C10H8ClO/c11-9-5-2-1-4-8(9)10-6-3-7-12-10/h1-5,7H,6H2. The predicted molar refractivity (Wildman–Crippen MR) is 48.6 cm³/mol. The van der Waals surface area contributed by atoms with Crippen LogP contribution < -0.4 is 0 Å². The minimum atomic E-state index is 0.746. The number of hydrogen-bond acceptors (Lipinski definition) is 1. The van der Waals surface area contributed by atoms with Crippen LogP contribution in [0.3, 0.4) is 0 Å². The molecule has 61 valence electrons. The number of hydrogen-bond donors (Lipinski definition) is 0. The van der Waals surface area contributed by atoms with Crippen LogP contribution in [-0.4, -0.2) is 0 Å². The average Bonchev–Trinajstić information content (AvgIpc) is 2.57. The van der Waals surface area contributed by atoms with Crippen molar-refractivity contribution in [3.05, 3.63) is 53.3 Å². The monoisotopic (exact) mass is 179 g/mol. The second-order valence-electron chi connectivity index (χ2n) is 2.60. The zero-order valence-corrected chi connectivity index (χ0v) is 7.21. The molecule has 1 heterocycles. The van der Waals surface area contributed by atoms with Gasteiger partial charge >= 0.3 is 0 Å². The van der Waals surface area contributed by atoms with Crippen LogP contribution in [0.25, 0.3) is 0 Å². The highest BCUT2D eigenvalue weighted by molar-refractivity contribution is 6.31. The van der Waals surface area contributed by atoms with Crippen molar-refractivity contribution in [1.82, 2.24) is 0 Å². The fraction of sp³-hybridized carbons (Fsp3) is 0.100. The van der Waals surface area contributed by atoms with E-state index in [1.165, 1.54) is 0 Å². The fourth-order valence-corrected chi connectivity index (χ4v) is 1.44. The van der Waals surface area contributed by atoms with Crippen molar-refractivity contribution >= 4 is 11.6 Å². The molecular weight excluding hydrogens is 172 g/mol. The maximum absolute atomic E-state index is 5.98. The van der Waals surface area contributed by atoms with Crippen LogP contribution in [-0.2, 0) is 4.74 Å². The second-order valence-corrected chi connectivity index (χ2v) is 3.00. The van der Waals surface area contributed by atoms with Crippen molar-refractivity contribution in [3.8, 4) is 0 Å². The minimum absolute atomic E-state index is 0.746. The van der Waals surface area contributed by atoms with Crippen molar-refractivity contribution < 1.29 is 4.74 Å². The molecule has 0 saturated carbocycles. The first-order valence-corrected chi connectivity index (χ1v) is 4.18. The van der Waals surface area contributed by atoms with E-state index in [1.807, 2.05) is 30.3 Å². The maximum atomic E-state index is 5.98. The molecule has 0 aliphatic carbocycles. The van der Waals surface area contributed by atoms with Gasteiger partial charge in [0, 0.05) is 17.0 Å². The lowest BCUT2D eigenvalue weighted by Crippen LogP contribution is -1.96. The Labute approximate surface area is 76.6 Å². The molecule has 1 aliphatic rings. The number of benzene rings is 1. The maximum Gasteiger partial charge on any atom is 0.182 e. The fourth-order valence-electron chi connectivity index (χ4n) is 1.19. The smallest absolute Gasteiger partial charge is 0.182 e. The Morgan fingerprint density at radius 3 is 2.75 bits per heavy atom. The molecule has 0 aromatic heterocycles. The topological polar surface area (TPSA) is 9.23 Å². The van der Waals surface area contributed by atoms with Crippen LogP contribution in [0.2, 0.25) is 5.02 Å². The summed E-state index contributed by atoms with van der Waals surface area (Å²) < 4.78 is 5.27. The van der Waals surface area contributed by atoms with Gasteiger partial charge in [0.2, 0.25) is 0 Å². The summed E-state index contributed by atoms with van der Waals surface area (Å²) in [4.78, 5) is 0. The quantitative estimate of drug-likeness (QED) is 0.644. The molecule has 0 fully saturated rings. The van der Waals surface area contributed by atoms with E-state index in [-0.39, 0.29) is 0 Å². The predicted octanol–water partition coefficient (Wildman–Crippen LogP) is 3.15. The Hall–Kier alpha value is -0.950. The zero-order chi connectivity index (χ0) is 8.39. The first-order valence-electron chi connectivity index (χ1n) is 3.80. The first-order chi connectivity index (χ1) is 5.88. The van der Waals surface area contributed by atoms with Crippen LogP contribution in [0.5, 0.6) is 0 Å². The van der Waals surface area contributed by atoms with Gasteiger partial charge in [0.15, 0.2) is 6.10 Å². The molecule has 0 N–H and O–H groups in total. The summed E-state index contributed by atoms with van der Waals surface area (Å²) in [5.41, 5.74) is 0.990. The molecule has 12 heavy (non-hydrogen) atoms. The molecule has 0 bridgehead atoms. The highest BCUT2D eigenvalue weighted by Gasteiger charge is 2.17. The second kappa shape index (κ2) is 3.20. The molecule has 0 atom stereocenters. The molecule has 0 spiro atoms. The molecule has 2 heteroatoms. The summed E-state index contributed by atoms with van der Waals surface area (Å²) >= 11 is 5.98. The normalized spacial score (nSPS) is 16.4. The highest BCUT2D eigenvalue weighted by atomic mass is 35.5. The van der Waals surface area contributed by atoms with Crippen LogP contribution in [0, 0.1) is 6.10 Å². The first kappa shape index (κ1) is 7.69. The van der Waals surface area contributed by atoms with E-state index in [1.54, 1.807) is 6.26 Å². The van der Waals surface area contributed by atoms with Gasteiger partial charge in [-0.25, -0.2) is 0 Å². The molecule has 1 aromatic rings. The van der Waals surface area contributed by atoms with Gasteiger partial charge in [0.1, 0.15) is 0 Å². The lowest BCUT2D eigenvalue weighted by atomic mass is 10.1. The van der Waals surface area contributed by atoms with E-state index in [4.69, 9.17) is 16.3 Å². The van der Waals surface area contributed by atoms with Gasteiger partial charge in [-0.1, -0.05) is 29.8 Å². The molecule has 1 aromatic carbocycles. The van der Waals surface area contributed by atoms with Crippen molar-refractivity contribution in [3.63, 3.8) is 0 Å². The largest absolute Gasteiger partial charge is 0.485 e. The lowest BCUT2D eigenvalue weighted by molar-refractivity contribution is 0.303. The van der Waals surface area contributed by atoms with E-state index < -0.39 is 0 Å². The molecule has 0 amide bonds. The van der Waals surface area contributed by atoms with Crippen molar-refractivity contribution in [1.29, 1.82) is 0 Å². The summed E-state index contributed by atoms with van der Waals surface area (Å²) in [7, 11) is 0. The van der Waals surface area contributed by atoms with Gasteiger partial charge in [-0.2, -0.15) is 0 Å². The summed E-state index contributed by atoms with van der Waals surface area (Å²) in [5, 5.41) is 0.746. The minimum Gasteiger partial charge on any atom is -0.485 e. The van der Waals surface area contributed by atoms with E-state index in [9.17, 15) is 0 Å². The van der Waals surface area contributed by atoms with Crippen molar-refractivity contribution in [2.24, 2.45) is 0 Å². The molecule has 1 nitrogen and oxygen atoms in total. The van der Waals surface area contributed by atoms with E-state index in [2.05, 4.69) is 0 Å². The van der Waals surface area contributed by atoms with Crippen LogP contribution in [0.1, 0.15) is 12.0 Å². The molecule has 0 unspecified atom stereocenters. The summed E-state index contributed by atoms with van der Waals surface area (Å²) in [6.45, 7) is 0. The Bertz CT molecular complexity index is 298. The Balaban J connectivity index is 2.27. The number of halogens is 1. The van der Waals surface area contributed by atoms with Gasteiger partial charge in [0.05, 0.1) is 6.26 Å². The van der Waals surface area contributed by atoms with Gasteiger partial charge in [-0.15, -0.1) is 0 Å². The van der Waals surface area contributed by atoms with Gasteiger partial charge in [0.25, 0.3) is 0 Å². The summed E-state index contributed by atoms with van der Waals surface area (Å²) in [6.07, 6.45) is 5.43. The molecule has 0 saturated heterocycles. The van der Waals surface area contributed by atoms with E-state index >= 15 is 0 Å². The van der Waals surface area contributed by atoms with Gasteiger partial charge < -0.3 is 4.74 Å². The number of rotatable bonds is 1. The highest BCUT2D eigenvalue weighted by Crippen LogP contribution is 2.30. The van der Waals surface area contributed by atoms with Crippen LogP contribution in [0.15, 0.2) is 36.6 Å². The Morgan fingerprint density at radius 2 is 2.08 bits per heavy atom. The van der Waals surface area contributed by atoms with Crippen molar-refractivity contribution in [2.75, 3.05) is 0 Å². The lowest BCUT2D eigenvalue weighted by Gasteiger charge is -2.09. The van der Waals surface area contributed by atoms with Crippen molar-refractivity contribution in [2.45, 2.75) is 6.42 Å². The summed E-state index contributed by atoms with van der Waals surface area (Å²) in [5.74, 6) is 0. The third-order valence-electron chi connectivity index (χ3n) is 1.78. The molecule has 2 rings (SSSR count). The zero-order valence-electron chi connectivity index (χ0n) is 6.46. The molecule has 1 aliphatic heterocycles.